The van der Waals surface area contributed by atoms with E-state index in [0.29, 0.717) is 32.6 Å². The molecule has 0 aliphatic carbocycles. The van der Waals surface area contributed by atoms with Gasteiger partial charge in [-0.05, 0) is 13.5 Å². The van der Waals surface area contributed by atoms with Crippen molar-refractivity contribution >= 4 is 5.91 Å². The topological polar surface area (TPSA) is 53.0 Å². The summed E-state index contributed by atoms with van der Waals surface area (Å²) in [5, 5.41) is 10.4. The molecule has 1 atom stereocenters. The molecule has 0 radical (unpaired) electrons. The molecule has 98 valence electrons. The zero-order chi connectivity index (χ0) is 12.5. The van der Waals surface area contributed by atoms with Crippen molar-refractivity contribution in [2.75, 3.05) is 40.4 Å². The van der Waals surface area contributed by atoms with Gasteiger partial charge >= 0.3 is 0 Å². The van der Waals surface area contributed by atoms with Crippen molar-refractivity contribution in [1.29, 1.82) is 0 Å². The standard InChI is InChI=1S/C12H22N2O3/c1-13-6-3-10(11(13)15)14(2)9-12(16)4-7-17-8-5-12/h10,16H,3-9H2,1-2H3. The number of hydrogen-bond donors (Lipinski definition) is 1. The van der Waals surface area contributed by atoms with Crippen LogP contribution < -0.4 is 0 Å². The fourth-order valence-electron chi connectivity index (χ4n) is 2.70. The maximum absolute atomic E-state index is 11.9. The molecule has 0 spiro atoms. The summed E-state index contributed by atoms with van der Waals surface area (Å²) in [7, 11) is 3.76. The van der Waals surface area contributed by atoms with E-state index in [-0.39, 0.29) is 11.9 Å². The average molecular weight is 242 g/mol. The summed E-state index contributed by atoms with van der Waals surface area (Å²) in [6, 6.07) is -0.0631. The maximum atomic E-state index is 11.9. The predicted molar refractivity (Wildman–Crippen MR) is 63.7 cm³/mol. The molecule has 2 fully saturated rings. The van der Waals surface area contributed by atoms with Crippen molar-refractivity contribution in [3.63, 3.8) is 0 Å². The Morgan fingerprint density at radius 3 is 2.71 bits per heavy atom. The van der Waals surface area contributed by atoms with E-state index in [0.717, 1.165) is 13.0 Å². The molecule has 0 aromatic heterocycles. The van der Waals surface area contributed by atoms with Crippen molar-refractivity contribution in [3.05, 3.63) is 0 Å². The minimum Gasteiger partial charge on any atom is -0.388 e. The number of likely N-dealkylation sites (N-methyl/N-ethyl adjacent to an activating group) is 2. The lowest BCUT2D eigenvalue weighted by Gasteiger charge is -2.37. The maximum Gasteiger partial charge on any atom is 0.239 e. The van der Waals surface area contributed by atoms with E-state index >= 15 is 0 Å². The Labute approximate surface area is 102 Å². The van der Waals surface area contributed by atoms with Crippen molar-refractivity contribution < 1.29 is 14.6 Å². The summed E-state index contributed by atoms with van der Waals surface area (Å²) in [5.74, 6) is 0.170. The fourth-order valence-corrected chi connectivity index (χ4v) is 2.70. The Morgan fingerprint density at radius 1 is 1.53 bits per heavy atom. The zero-order valence-corrected chi connectivity index (χ0v) is 10.7. The lowest BCUT2D eigenvalue weighted by molar-refractivity contribution is -0.132. The van der Waals surface area contributed by atoms with Gasteiger partial charge in [-0.2, -0.15) is 0 Å². The Hall–Kier alpha value is -0.650. The first-order chi connectivity index (χ1) is 8.02. The number of amides is 1. The highest BCUT2D eigenvalue weighted by Gasteiger charge is 2.37. The number of nitrogens with zero attached hydrogens (tertiary/aromatic N) is 2. The van der Waals surface area contributed by atoms with E-state index < -0.39 is 5.60 Å². The van der Waals surface area contributed by atoms with Gasteiger partial charge < -0.3 is 14.7 Å². The highest BCUT2D eigenvalue weighted by Crippen LogP contribution is 2.24. The van der Waals surface area contributed by atoms with E-state index in [1.807, 2.05) is 19.0 Å². The number of likely N-dealkylation sites (tertiary alicyclic amines) is 1. The first kappa shape index (κ1) is 12.8. The molecule has 2 heterocycles. The molecule has 1 amide bonds. The van der Waals surface area contributed by atoms with Crippen LogP contribution in [0.5, 0.6) is 0 Å². The van der Waals surface area contributed by atoms with Crippen LogP contribution >= 0.6 is 0 Å². The number of hydrogen-bond acceptors (Lipinski definition) is 4. The van der Waals surface area contributed by atoms with E-state index in [1.54, 1.807) is 4.90 Å². The summed E-state index contributed by atoms with van der Waals surface area (Å²) >= 11 is 0. The third kappa shape index (κ3) is 2.78. The number of ether oxygens (including phenoxy) is 1. The monoisotopic (exact) mass is 242 g/mol. The molecule has 2 saturated heterocycles. The van der Waals surface area contributed by atoms with Gasteiger partial charge in [-0.1, -0.05) is 0 Å². The molecule has 5 heteroatoms. The van der Waals surface area contributed by atoms with Crippen LogP contribution in [0.25, 0.3) is 0 Å². The second-order valence-electron chi connectivity index (χ2n) is 5.32. The normalized spacial score (nSPS) is 29.1. The second kappa shape index (κ2) is 4.92. The van der Waals surface area contributed by atoms with Crippen LogP contribution in [0.2, 0.25) is 0 Å². The largest absolute Gasteiger partial charge is 0.388 e. The molecule has 1 N–H and O–H groups in total. The first-order valence-electron chi connectivity index (χ1n) is 6.27. The van der Waals surface area contributed by atoms with Gasteiger partial charge in [-0.15, -0.1) is 0 Å². The van der Waals surface area contributed by atoms with Crippen molar-refractivity contribution in [2.24, 2.45) is 0 Å². The van der Waals surface area contributed by atoms with E-state index in [1.165, 1.54) is 0 Å². The summed E-state index contributed by atoms with van der Waals surface area (Å²) in [6.45, 7) is 2.60. The van der Waals surface area contributed by atoms with Gasteiger partial charge in [0.1, 0.15) is 0 Å². The minimum absolute atomic E-state index is 0.0631. The molecule has 2 rings (SSSR count). The van der Waals surface area contributed by atoms with Crippen LogP contribution in [0, 0.1) is 0 Å². The first-order valence-corrected chi connectivity index (χ1v) is 6.27. The molecule has 0 aromatic rings. The summed E-state index contributed by atoms with van der Waals surface area (Å²) in [5.41, 5.74) is -0.686. The van der Waals surface area contributed by atoms with Crippen LogP contribution in [-0.2, 0) is 9.53 Å². The number of carbonyl (C=O) groups excluding carboxylic acids is 1. The molecule has 0 bridgehead atoms. The van der Waals surface area contributed by atoms with Crippen LogP contribution in [0.3, 0.4) is 0 Å². The van der Waals surface area contributed by atoms with E-state index in [2.05, 4.69) is 0 Å². The highest BCUT2D eigenvalue weighted by atomic mass is 16.5. The van der Waals surface area contributed by atoms with Crippen LogP contribution in [0.15, 0.2) is 0 Å². The molecule has 17 heavy (non-hydrogen) atoms. The lowest BCUT2D eigenvalue weighted by atomic mass is 9.93. The molecular formula is C12H22N2O3. The van der Waals surface area contributed by atoms with Gasteiger partial charge in [0, 0.05) is 46.2 Å². The molecule has 2 aliphatic rings. The number of carbonyl (C=O) groups is 1. The molecular weight excluding hydrogens is 220 g/mol. The summed E-state index contributed by atoms with van der Waals surface area (Å²) in [4.78, 5) is 15.6. The SMILES string of the molecule is CN1CCC(N(C)CC2(O)CCOCC2)C1=O. The van der Waals surface area contributed by atoms with Gasteiger partial charge in [0.05, 0.1) is 11.6 Å². The van der Waals surface area contributed by atoms with Gasteiger partial charge in [0.2, 0.25) is 5.91 Å². The Bertz CT molecular complexity index is 289. The minimum atomic E-state index is -0.686. The van der Waals surface area contributed by atoms with Gasteiger partial charge in [-0.25, -0.2) is 0 Å². The van der Waals surface area contributed by atoms with E-state index in [9.17, 15) is 9.90 Å². The van der Waals surface area contributed by atoms with Gasteiger partial charge in [-0.3, -0.25) is 9.69 Å². The third-order valence-electron chi connectivity index (χ3n) is 3.90. The van der Waals surface area contributed by atoms with Crippen LogP contribution in [0.1, 0.15) is 19.3 Å². The highest BCUT2D eigenvalue weighted by molar-refractivity contribution is 5.83. The predicted octanol–water partition coefficient (Wildman–Crippen LogP) is -0.310. The zero-order valence-electron chi connectivity index (χ0n) is 10.7. The molecule has 1 unspecified atom stereocenters. The summed E-state index contributed by atoms with van der Waals surface area (Å²) in [6.07, 6.45) is 2.18. The Kier molecular flexibility index (Phi) is 3.70. The Morgan fingerprint density at radius 2 is 2.18 bits per heavy atom. The quantitative estimate of drug-likeness (QED) is 0.737. The van der Waals surface area contributed by atoms with Crippen molar-refractivity contribution in [1.82, 2.24) is 9.80 Å². The van der Waals surface area contributed by atoms with Crippen LogP contribution in [-0.4, -0.2) is 72.9 Å². The smallest absolute Gasteiger partial charge is 0.239 e. The Balaban J connectivity index is 1.92. The van der Waals surface area contributed by atoms with Crippen molar-refractivity contribution in [3.8, 4) is 0 Å². The van der Waals surface area contributed by atoms with Gasteiger partial charge in [0.15, 0.2) is 0 Å². The molecule has 0 aromatic carbocycles. The molecule has 5 nitrogen and oxygen atoms in total. The fraction of sp³-hybridized carbons (Fsp3) is 0.917. The third-order valence-corrected chi connectivity index (χ3v) is 3.90. The molecule has 2 aliphatic heterocycles. The molecule has 0 saturated carbocycles. The summed E-state index contributed by atoms with van der Waals surface area (Å²) < 4.78 is 5.26. The van der Waals surface area contributed by atoms with Crippen molar-refractivity contribution in [2.45, 2.75) is 30.9 Å². The lowest BCUT2D eigenvalue weighted by Crippen LogP contribution is -2.50. The van der Waals surface area contributed by atoms with Gasteiger partial charge in [0.25, 0.3) is 0 Å². The second-order valence-corrected chi connectivity index (χ2v) is 5.32. The average Bonchev–Trinajstić information content (AvgIpc) is 2.60. The number of aliphatic hydroxyl groups is 1. The van der Waals surface area contributed by atoms with E-state index in [4.69, 9.17) is 4.74 Å². The van der Waals surface area contributed by atoms with Crippen LogP contribution in [0.4, 0.5) is 0 Å². The number of rotatable bonds is 3.